The van der Waals surface area contributed by atoms with Gasteiger partial charge in [0.1, 0.15) is 12.0 Å². The maximum absolute atomic E-state index is 12.7. The van der Waals surface area contributed by atoms with Gasteiger partial charge in [-0.05, 0) is 6.07 Å². The molecule has 0 aliphatic carbocycles. The molecule has 0 bridgehead atoms. The molecule has 0 spiro atoms. The number of rotatable bonds is 2. The third kappa shape index (κ3) is 2.87. The number of fused-ring (bicyclic) bond motifs is 1. The molecule has 0 N–H and O–H groups in total. The predicted molar refractivity (Wildman–Crippen MR) is 88.2 cm³/mol. The number of halogens is 1. The second-order valence-electron chi connectivity index (χ2n) is 6.06. The highest BCUT2D eigenvalue weighted by atomic mass is 35.5. The standard InChI is InChI=1S/C15H15ClN6O/c1-15(2,3)12-13(23)22(14-19-17-9-21(14)20-12)18-8-10-6-4-5-7-11(10)16/h4-9H,1-3H3/b18-8-. The van der Waals surface area contributed by atoms with E-state index >= 15 is 0 Å². The summed E-state index contributed by atoms with van der Waals surface area (Å²) in [7, 11) is 0. The van der Waals surface area contributed by atoms with Crippen LogP contribution < -0.4 is 5.56 Å². The number of hydrogen-bond acceptors (Lipinski definition) is 5. The van der Waals surface area contributed by atoms with Crippen LogP contribution >= 0.6 is 11.6 Å². The largest absolute Gasteiger partial charge is 0.298 e. The van der Waals surface area contributed by atoms with Crippen molar-refractivity contribution in [3.63, 3.8) is 0 Å². The highest BCUT2D eigenvalue weighted by Gasteiger charge is 2.23. The number of hydrogen-bond donors (Lipinski definition) is 0. The van der Waals surface area contributed by atoms with Crippen LogP contribution in [-0.4, -0.2) is 30.7 Å². The van der Waals surface area contributed by atoms with Crippen molar-refractivity contribution in [2.45, 2.75) is 26.2 Å². The lowest BCUT2D eigenvalue weighted by molar-refractivity contribution is 0.529. The van der Waals surface area contributed by atoms with Crippen molar-refractivity contribution in [3.05, 3.63) is 57.2 Å². The Hall–Kier alpha value is -2.54. The van der Waals surface area contributed by atoms with Gasteiger partial charge in [0, 0.05) is 16.0 Å². The molecule has 0 saturated heterocycles. The second kappa shape index (κ2) is 5.58. The van der Waals surface area contributed by atoms with Crippen molar-refractivity contribution >= 4 is 23.6 Å². The topological polar surface area (TPSA) is 77.4 Å². The highest BCUT2D eigenvalue weighted by molar-refractivity contribution is 6.33. The summed E-state index contributed by atoms with van der Waals surface area (Å²) in [4.78, 5) is 12.7. The van der Waals surface area contributed by atoms with Crippen LogP contribution in [0.15, 0.2) is 40.5 Å². The Morgan fingerprint density at radius 1 is 1.26 bits per heavy atom. The van der Waals surface area contributed by atoms with Gasteiger partial charge in [-0.15, -0.1) is 10.2 Å². The van der Waals surface area contributed by atoms with Crippen molar-refractivity contribution in [2.75, 3.05) is 0 Å². The van der Waals surface area contributed by atoms with E-state index in [4.69, 9.17) is 11.6 Å². The Morgan fingerprint density at radius 3 is 2.70 bits per heavy atom. The lowest BCUT2D eigenvalue weighted by Crippen LogP contribution is -2.33. The molecule has 2 heterocycles. The smallest absolute Gasteiger partial charge is 0.265 e. The van der Waals surface area contributed by atoms with E-state index in [1.165, 1.54) is 21.7 Å². The van der Waals surface area contributed by atoms with Crippen LogP contribution in [0.5, 0.6) is 0 Å². The van der Waals surface area contributed by atoms with E-state index in [1.54, 1.807) is 6.07 Å². The van der Waals surface area contributed by atoms with Crippen molar-refractivity contribution in [3.8, 4) is 0 Å². The van der Waals surface area contributed by atoms with Crippen molar-refractivity contribution in [2.24, 2.45) is 5.10 Å². The zero-order valence-corrected chi connectivity index (χ0v) is 13.7. The van der Waals surface area contributed by atoms with Gasteiger partial charge in [-0.2, -0.15) is 19.4 Å². The first kappa shape index (κ1) is 15.4. The molecule has 0 amide bonds. The van der Waals surface area contributed by atoms with Crippen LogP contribution in [0.2, 0.25) is 5.02 Å². The molecule has 0 aliphatic rings. The maximum Gasteiger partial charge on any atom is 0.298 e. The summed E-state index contributed by atoms with van der Waals surface area (Å²) in [5.41, 5.74) is 0.312. The average molecular weight is 331 g/mol. The molecule has 118 valence electrons. The normalized spacial score (nSPS) is 12.3. The predicted octanol–water partition coefficient (Wildman–Crippen LogP) is 2.12. The lowest BCUT2D eigenvalue weighted by Gasteiger charge is -2.16. The Balaban J connectivity index is 2.21. The van der Waals surface area contributed by atoms with Crippen LogP contribution in [0.1, 0.15) is 32.0 Å². The fraction of sp³-hybridized carbons (Fsp3) is 0.267. The number of aromatic nitrogens is 5. The molecule has 0 saturated carbocycles. The van der Waals surface area contributed by atoms with E-state index < -0.39 is 5.41 Å². The summed E-state index contributed by atoms with van der Waals surface area (Å²) in [6.45, 7) is 5.74. The van der Waals surface area contributed by atoms with Crippen molar-refractivity contribution in [1.29, 1.82) is 0 Å². The summed E-state index contributed by atoms with van der Waals surface area (Å²) in [5, 5.41) is 16.8. The Morgan fingerprint density at radius 2 is 2.00 bits per heavy atom. The number of benzene rings is 1. The van der Waals surface area contributed by atoms with Gasteiger partial charge in [-0.25, -0.2) is 0 Å². The summed E-state index contributed by atoms with van der Waals surface area (Å²) in [6, 6.07) is 7.23. The minimum Gasteiger partial charge on any atom is -0.265 e. The van der Waals surface area contributed by atoms with Gasteiger partial charge < -0.3 is 0 Å². The molecule has 0 atom stereocenters. The third-order valence-electron chi connectivity index (χ3n) is 3.23. The molecule has 3 aromatic rings. The quantitative estimate of drug-likeness (QED) is 0.674. The van der Waals surface area contributed by atoms with E-state index in [1.807, 2.05) is 39.0 Å². The fourth-order valence-electron chi connectivity index (χ4n) is 2.05. The van der Waals surface area contributed by atoms with Gasteiger partial charge in [-0.3, -0.25) is 4.79 Å². The summed E-state index contributed by atoms with van der Waals surface area (Å²) in [6.07, 6.45) is 2.95. The zero-order chi connectivity index (χ0) is 16.6. The molecule has 0 aliphatic heterocycles. The van der Waals surface area contributed by atoms with Crippen LogP contribution in [0, 0.1) is 0 Å². The van der Waals surface area contributed by atoms with Gasteiger partial charge in [0.2, 0.25) is 0 Å². The maximum atomic E-state index is 12.7. The minimum atomic E-state index is -0.433. The number of nitrogens with zero attached hydrogens (tertiary/aromatic N) is 6. The van der Waals surface area contributed by atoms with Crippen molar-refractivity contribution < 1.29 is 0 Å². The lowest BCUT2D eigenvalue weighted by atomic mass is 9.93. The van der Waals surface area contributed by atoms with E-state index in [9.17, 15) is 4.79 Å². The molecule has 0 unspecified atom stereocenters. The first-order chi connectivity index (χ1) is 10.9. The zero-order valence-electron chi connectivity index (χ0n) is 12.9. The van der Waals surface area contributed by atoms with Gasteiger partial charge in [0.15, 0.2) is 0 Å². The van der Waals surface area contributed by atoms with Gasteiger partial charge in [0.05, 0.1) is 6.21 Å². The Labute approximate surface area is 137 Å². The fourth-order valence-corrected chi connectivity index (χ4v) is 2.23. The van der Waals surface area contributed by atoms with E-state index in [-0.39, 0.29) is 11.3 Å². The molecule has 7 nitrogen and oxygen atoms in total. The summed E-state index contributed by atoms with van der Waals surface area (Å²) >= 11 is 6.11. The van der Waals surface area contributed by atoms with Crippen LogP contribution in [0.4, 0.5) is 0 Å². The molecule has 2 aromatic heterocycles. The van der Waals surface area contributed by atoms with Gasteiger partial charge in [0.25, 0.3) is 11.3 Å². The van der Waals surface area contributed by atoms with E-state index in [2.05, 4.69) is 20.4 Å². The van der Waals surface area contributed by atoms with Crippen molar-refractivity contribution in [1.82, 2.24) is 24.5 Å². The van der Waals surface area contributed by atoms with Gasteiger partial charge in [-0.1, -0.05) is 50.6 Å². The second-order valence-corrected chi connectivity index (χ2v) is 6.46. The SMILES string of the molecule is CC(C)(C)c1nn2cnnc2n(/N=C\c2ccccc2Cl)c1=O. The van der Waals surface area contributed by atoms with Crippen LogP contribution in [-0.2, 0) is 5.41 Å². The molecule has 0 fully saturated rings. The molecule has 8 heteroatoms. The van der Waals surface area contributed by atoms with Gasteiger partial charge >= 0.3 is 0 Å². The molecular weight excluding hydrogens is 316 g/mol. The monoisotopic (exact) mass is 330 g/mol. The average Bonchev–Trinajstić information content (AvgIpc) is 2.94. The van der Waals surface area contributed by atoms with Crippen LogP contribution in [0.25, 0.3) is 5.78 Å². The molecule has 0 radical (unpaired) electrons. The minimum absolute atomic E-state index is 0.242. The first-order valence-electron chi connectivity index (χ1n) is 7.00. The van der Waals surface area contributed by atoms with Crippen LogP contribution in [0.3, 0.4) is 0 Å². The molecule has 1 aromatic carbocycles. The highest BCUT2D eigenvalue weighted by Crippen LogP contribution is 2.16. The molecular formula is C15H15ClN6O. The summed E-state index contributed by atoms with van der Waals surface area (Å²) in [5.74, 6) is 0.242. The molecule has 3 rings (SSSR count). The van der Waals surface area contributed by atoms with E-state index in [0.717, 1.165) is 0 Å². The Kier molecular flexibility index (Phi) is 3.73. The Bertz CT molecular complexity index is 950. The first-order valence-corrected chi connectivity index (χ1v) is 7.38. The third-order valence-corrected chi connectivity index (χ3v) is 3.58. The summed E-state index contributed by atoms with van der Waals surface area (Å²) < 4.78 is 2.62. The van der Waals surface area contributed by atoms with E-state index in [0.29, 0.717) is 16.3 Å². The molecule has 23 heavy (non-hydrogen) atoms.